The van der Waals surface area contributed by atoms with Gasteiger partial charge in [0.15, 0.2) is 0 Å². The summed E-state index contributed by atoms with van der Waals surface area (Å²) in [5.41, 5.74) is 18.7. The molecule has 6 aromatic carbocycles. The first-order chi connectivity index (χ1) is 37.0. The lowest BCUT2D eigenvalue weighted by molar-refractivity contribution is 0.00228. The van der Waals surface area contributed by atoms with Crippen molar-refractivity contribution in [1.29, 1.82) is 0 Å². The van der Waals surface area contributed by atoms with Crippen LogP contribution in [0.2, 0.25) is 12.1 Å². The Hall–Kier alpha value is -5.41. The van der Waals surface area contributed by atoms with Crippen LogP contribution in [0, 0.1) is 41.5 Å². The molecule has 0 fully saturated rings. The second-order valence-corrected chi connectivity index (χ2v) is 27.8. The van der Waals surface area contributed by atoms with E-state index < -0.39 is 17.6 Å². The molecule has 0 aliphatic heterocycles. The summed E-state index contributed by atoms with van der Waals surface area (Å²) in [6.07, 6.45) is 10.5. The molecule has 0 saturated heterocycles. The highest BCUT2D eigenvalue weighted by molar-refractivity contribution is 6.61. The van der Waals surface area contributed by atoms with E-state index >= 15 is 0 Å². The number of aryl methyl sites for hydroxylation is 6. The molecule has 0 N–H and O–H groups in total. The van der Waals surface area contributed by atoms with Crippen molar-refractivity contribution in [2.45, 2.75) is 186 Å². The van der Waals surface area contributed by atoms with Crippen LogP contribution < -0.4 is 9.80 Å². The maximum atomic E-state index is 6.43. The molecule has 0 aromatic heterocycles. The Labute approximate surface area is 473 Å². The SMILES string of the molecule is Cc1ccc(N(c2ccc(/C=C/CC[Si](OC(C)C)(OC(C)C)OC(C)C)cc2)c2ccc(-c3ccc(N(c4ccc(/C=C/CC[Si](OC(C)C)(OC(C)C)OC(C)C)cc4)c4ccc(C)c(C)c4)c(C)c3)cc2C)cc1C. The van der Waals surface area contributed by atoms with E-state index in [4.69, 9.17) is 26.6 Å². The lowest BCUT2D eigenvalue weighted by atomic mass is 9.98. The van der Waals surface area contributed by atoms with Crippen LogP contribution in [0.25, 0.3) is 23.3 Å². The van der Waals surface area contributed by atoms with Crippen molar-refractivity contribution in [2.24, 2.45) is 0 Å². The van der Waals surface area contributed by atoms with Gasteiger partial charge in [-0.2, -0.15) is 0 Å². The summed E-state index contributed by atoms with van der Waals surface area (Å²) in [5, 5.41) is 0. The van der Waals surface area contributed by atoms with Crippen molar-refractivity contribution < 1.29 is 26.6 Å². The summed E-state index contributed by atoms with van der Waals surface area (Å²) in [5.74, 6) is 0. The topological polar surface area (TPSA) is 61.9 Å². The summed E-state index contributed by atoms with van der Waals surface area (Å²) in [6.45, 7) is 37.8. The highest BCUT2D eigenvalue weighted by atomic mass is 28.4. The van der Waals surface area contributed by atoms with Crippen LogP contribution in [0.1, 0.15) is 140 Å². The normalized spacial score (nSPS) is 12.6. The zero-order valence-electron chi connectivity index (χ0n) is 50.5. The van der Waals surface area contributed by atoms with E-state index in [1.165, 1.54) is 44.5 Å². The van der Waals surface area contributed by atoms with Crippen molar-refractivity contribution in [3.63, 3.8) is 0 Å². The van der Waals surface area contributed by atoms with Crippen LogP contribution in [0.3, 0.4) is 0 Å². The van der Waals surface area contributed by atoms with Gasteiger partial charge in [-0.1, -0.05) is 72.8 Å². The Morgan fingerprint density at radius 3 is 0.897 bits per heavy atom. The molecule has 6 rings (SSSR count). The maximum absolute atomic E-state index is 6.43. The summed E-state index contributed by atoms with van der Waals surface area (Å²) >= 11 is 0. The molecule has 0 saturated carbocycles. The van der Waals surface area contributed by atoms with Crippen LogP contribution in [0.4, 0.5) is 34.1 Å². The molecule has 0 aliphatic carbocycles. The Morgan fingerprint density at radius 2 is 0.628 bits per heavy atom. The van der Waals surface area contributed by atoms with E-state index in [2.05, 4.69) is 280 Å². The second-order valence-electron chi connectivity index (χ2n) is 22.6. The molecule has 0 unspecified atom stereocenters. The first kappa shape index (κ1) is 61.8. The zero-order chi connectivity index (χ0) is 56.9. The number of rotatable bonds is 27. The lowest BCUT2D eigenvalue weighted by Crippen LogP contribution is -2.50. The molecule has 0 amide bonds. The predicted octanol–water partition coefficient (Wildman–Crippen LogP) is 19.4. The molecule has 0 atom stereocenters. The van der Waals surface area contributed by atoms with Crippen molar-refractivity contribution in [1.82, 2.24) is 0 Å². The van der Waals surface area contributed by atoms with E-state index in [9.17, 15) is 0 Å². The zero-order valence-corrected chi connectivity index (χ0v) is 52.5. The van der Waals surface area contributed by atoms with Crippen molar-refractivity contribution in [3.05, 3.63) is 178 Å². The van der Waals surface area contributed by atoms with E-state index in [-0.39, 0.29) is 36.6 Å². The Morgan fingerprint density at radius 1 is 0.333 bits per heavy atom. The highest BCUT2D eigenvalue weighted by Gasteiger charge is 2.44. The van der Waals surface area contributed by atoms with Crippen LogP contribution >= 0.6 is 0 Å². The smallest absolute Gasteiger partial charge is 0.371 e. The van der Waals surface area contributed by atoms with Crippen LogP contribution in [-0.2, 0) is 26.6 Å². The highest BCUT2D eigenvalue weighted by Crippen LogP contribution is 2.42. The van der Waals surface area contributed by atoms with Gasteiger partial charge in [-0.15, -0.1) is 0 Å². The van der Waals surface area contributed by atoms with E-state index in [0.29, 0.717) is 0 Å². The number of allylic oxidation sites excluding steroid dienone is 2. The quantitative estimate of drug-likeness (QED) is 0.0473. The number of anilines is 6. The molecule has 418 valence electrons. The van der Waals surface area contributed by atoms with Crippen LogP contribution in [0.15, 0.2) is 133 Å². The first-order valence-electron chi connectivity index (χ1n) is 28.5. The third-order valence-corrected chi connectivity index (χ3v) is 20.1. The maximum Gasteiger partial charge on any atom is 0.501 e. The fourth-order valence-electron chi connectivity index (χ4n) is 9.86. The van der Waals surface area contributed by atoms with Gasteiger partial charge in [0.2, 0.25) is 0 Å². The van der Waals surface area contributed by atoms with Gasteiger partial charge in [-0.25, -0.2) is 0 Å². The van der Waals surface area contributed by atoms with Gasteiger partial charge < -0.3 is 36.4 Å². The van der Waals surface area contributed by atoms with Gasteiger partial charge in [0, 0.05) is 82.8 Å². The molecule has 8 nitrogen and oxygen atoms in total. The fraction of sp³-hybridized carbons (Fsp3) is 0.412. The average Bonchev–Trinajstić information content (AvgIpc) is 3.39. The second kappa shape index (κ2) is 28.1. The minimum Gasteiger partial charge on any atom is -0.371 e. The molecule has 0 bridgehead atoms. The molecule has 78 heavy (non-hydrogen) atoms. The summed E-state index contributed by atoms with van der Waals surface area (Å²) in [7, 11) is -5.77. The van der Waals surface area contributed by atoms with Gasteiger partial charge in [0.25, 0.3) is 0 Å². The van der Waals surface area contributed by atoms with Crippen LogP contribution in [0.5, 0.6) is 0 Å². The van der Waals surface area contributed by atoms with E-state index in [1.807, 2.05) is 0 Å². The molecular weight excluding hydrogens is 997 g/mol. The first-order valence-corrected chi connectivity index (χ1v) is 32.4. The van der Waals surface area contributed by atoms with Crippen molar-refractivity contribution in [2.75, 3.05) is 9.80 Å². The summed E-state index contributed by atoms with van der Waals surface area (Å²) < 4.78 is 38.6. The van der Waals surface area contributed by atoms with Crippen molar-refractivity contribution >= 4 is 63.9 Å². The lowest BCUT2D eigenvalue weighted by Gasteiger charge is -2.34. The third kappa shape index (κ3) is 17.3. The summed E-state index contributed by atoms with van der Waals surface area (Å²) in [6, 6.07) is 46.4. The average molecular weight is 1090 g/mol. The van der Waals surface area contributed by atoms with Gasteiger partial charge in [-0.05, 0) is 266 Å². The molecule has 0 spiro atoms. The predicted molar refractivity (Wildman–Crippen MR) is 335 cm³/mol. The monoisotopic (exact) mass is 1090 g/mol. The van der Waals surface area contributed by atoms with E-state index in [0.717, 1.165) is 70.2 Å². The molecule has 10 heteroatoms. The largest absolute Gasteiger partial charge is 0.501 e. The van der Waals surface area contributed by atoms with Gasteiger partial charge in [0.1, 0.15) is 0 Å². The summed E-state index contributed by atoms with van der Waals surface area (Å²) in [4.78, 5) is 4.76. The van der Waals surface area contributed by atoms with Crippen molar-refractivity contribution in [3.8, 4) is 11.1 Å². The molecular formula is C68H92N2O6Si2. The molecule has 0 radical (unpaired) electrons. The molecule has 0 heterocycles. The Kier molecular flexibility index (Phi) is 22.3. The number of benzene rings is 6. The number of hydrogen-bond acceptors (Lipinski definition) is 8. The van der Waals surface area contributed by atoms with E-state index in [1.54, 1.807) is 0 Å². The minimum absolute atomic E-state index is 0.0184. The Bertz CT molecular complexity index is 2670. The van der Waals surface area contributed by atoms with Gasteiger partial charge >= 0.3 is 17.6 Å². The molecule has 0 aliphatic rings. The Balaban J connectivity index is 1.26. The van der Waals surface area contributed by atoms with Gasteiger partial charge in [0.05, 0.1) is 0 Å². The number of hydrogen-bond donors (Lipinski definition) is 0. The fourth-order valence-corrected chi connectivity index (χ4v) is 16.2. The molecule has 6 aromatic rings. The minimum atomic E-state index is -2.89. The third-order valence-electron chi connectivity index (χ3n) is 13.4. The standard InChI is InChI=1S/C68H92N2O6Si2/c1-47(2)71-77(72-48(3)4,73-49(5)6)41-21-19-23-59-27-35-63(36-28-59)69(65-33-25-53(13)55(15)45-65)67-39-31-61(43-57(67)17)62-32-40-68(58(18)44-62)70(66-34-26-54(14)56(16)46-66)64-37-29-60(30-38-64)24-20-22-42-78(74-50(7)8,75-51(9)10)76-52(11)12/h19-20,23-40,43-52H,21-22,41-42H2,1-18H3/b23-19+,24-20+. The number of nitrogens with zero attached hydrogens (tertiary/aromatic N) is 2. The van der Waals surface area contributed by atoms with Crippen LogP contribution in [-0.4, -0.2) is 54.2 Å². The van der Waals surface area contributed by atoms with Gasteiger partial charge in [-0.3, -0.25) is 0 Å².